The van der Waals surface area contributed by atoms with Gasteiger partial charge in [0.1, 0.15) is 5.75 Å². The Kier molecular flexibility index (Phi) is 2.07. The Hall–Kier alpha value is -2.41. The van der Waals surface area contributed by atoms with Crippen molar-refractivity contribution in [2.24, 2.45) is 5.18 Å². The lowest BCUT2D eigenvalue weighted by Crippen LogP contribution is -1.81. The van der Waals surface area contributed by atoms with Gasteiger partial charge < -0.3 is 5.11 Å². The first-order chi connectivity index (χ1) is 7.27. The fourth-order valence-electron chi connectivity index (χ4n) is 1.53. The summed E-state index contributed by atoms with van der Waals surface area (Å²) in [6.07, 6.45) is 0. The largest absolute Gasteiger partial charge is 0.505 e. The van der Waals surface area contributed by atoms with Gasteiger partial charge in [0.25, 0.3) is 0 Å². The van der Waals surface area contributed by atoms with Gasteiger partial charge in [0.05, 0.1) is 11.6 Å². The zero-order valence-corrected chi connectivity index (χ0v) is 7.64. The lowest BCUT2D eigenvalue weighted by atomic mass is 10.0. The highest BCUT2D eigenvalue weighted by atomic mass is 16.3. The Labute approximate surface area is 85.4 Å². The molecule has 0 amide bonds. The molecule has 0 atom stereocenters. The first kappa shape index (κ1) is 9.16. The van der Waals surface area contributed by atoms with Crippen molar-refractivity contribution in [3.63, 3.8) is 0 Å². The van der Waals surface area contributed by atoms with Crippen molar-refractivity contribution in [2.75, 3.05) is 0 Å². The molecule has 0 aromatic heterocycles. The van der Waals surface area contributed by atoms with Crippen LogP contribution < -0.4 is 0 Å². The lowest BCUT2D eigenvalue weighted by Gasteiger charge is -2.03. The number of aromatic hydroxyl groups is 1. The van der Waals surface area contributed by atoms with Gasteiger partial charge in [-0.25, -0.2) is 0 Å². The highest BCUT2D eigenvalue weighted by molar-refractivity contribution is 5.98. The SMILES string of the molecule is N#Cc1cc(O)c(N=O)c2ccccc12. The lowest BCUT2D eigenvalue weighted by molar-refractivity contribution is 0.477. The Bertz CT molecular complexity index is 585. The van der Waals surface area contributed by atoms with Crippen LogP contribution >= 0.6 is 0 Å². The minimum Gasteiger partial charge on any atom is -0.505 e. The second-order valence-electron chi connectivity index (χ2n) is 3.04. The van der Waals surface area contributed by atoms with E-state index < -0.39 is 0 Å². The van der Waals surface area contributed by atoms with Crippen molar-refractivity contribution in [3.05, 3.63) is 40.8 Å². The van der Waals surface area contributed by atoms with Crippen molar-refractivity contribution in [1.29, 1.82) is 5.26 Å². The van der Waals surface area contributed by atoms with Crippen LogP contribution in [0.15, 0.2) is 35.5 Å². The van der Waals surface area contributed by atoms with E-state index in [4.69, 9.17) is 5.26 Å². The predicted molar refractivity (Wildman–Crippen MR) is 55.8 cm³/mol. The number of hydrogen-bond acceptors (Lipinski definition) is 4. The topological polar surface area (TPSA) is 73.4 Å². The summed E-state index contributed by atoms with van der Waals surface area (Å²) >= 11 is 0. The van der Waals surface area contributed by atoms with E-state index in [1.807, 2.05) is 6.07 Å². The third-order valence-electron chi connectivity index (χ3n) is 2.21. The van der Waals surface area contributed by atoms with E-state index in [0.717, 1.165) is 0 Å². The van der Waals surface area contributed by atoms with E-state index in [9.17, 15) is 10.0 Å². The Morgan fingerprint density at radius 1 is 1.27 bits per heavy atom. The van der Waals surface area contributed by atoms with Gasteiger partial charge in [0.15, 0.2) is 5.69 Å². The molecule has 72 valence electrons. The van der Waals surface area contributed by atoms with Gasteiger partial charge in [-0.1, -0.05) is 24.3 Å². The number of nitroso groups, excluding NO2 is 1. The number of hydrogen-bond donors (Lipinski definition) is 1. The second-order valence-corrected chi connectivity index (χ2v) is 3.04. The molecule has 0 saturated heterocycles. The van der Waals surface area contributed by atoms with Crippen LogP contribution in [0.3, 0.4) is 0 Å². The van der Waals surface area contributed by atoms with Crippen LogP contribution in [0.4, 0.5) is 5.69 Å². The molecule has 0 bridgehead atoms. The van der Waals surface area contributed by atoms with E-state index in [1.54, 1.807) is 24.3 Å². The van der Waals surface area contributed by atoms with E-state index in [-0.39, 0.29) is 11.4 Å². The summed E-state index contributed by atoms with van der Waals surface area (Å²) in [7, 11) is 0. The molecule has 0 aliphatic carbocycles. The molecule has 2 rings (SSSR count). The molecule has 0 heterocycles. The highest BCUT2D eigenvalue weighted by Gasteiger charge is 2.11. The summed E-state index contributed by atoms with van der Waals surface area (Å²) in [5, 5.41) is 22.2. The number of nitrogens with zero attached hydrogens (tertiary/aromatic N) is 2. The summed E-state index contributed by atoms with van der Waals surface area (Å²) in [5.41, 5.74) is 0.306. The van der Waals surface area contributed by atoms with Crippen LogP contribution in [0.2, 0.25) is 0 Å². The molecule has 0 aliphatic rings. The van der Waals surface area contributed by atoms with Crippen molar-refractivity contribution in [2.45, 2.75) is 0 Å². The van der Waals surface area contributed by atoms with Crippen molar-refractivity contribution in [1.82, 2.24) is 0 Å². The number of nitriles is 1. The molecule has 15 heavy (non-hydrogen) atoms. The summed E-state index contributed by atoms with van der Waals surface area (Å²) < 4.78 is 0. The average molecular weight is 198 g/mol. The number of phenols is 1. The van der Waals surface area contributed by atoms with Gasteiger partial charge in [-0.2, -0.15) is 5.26 Å². The molecular weight excluding hydrogens is 192 g/mol. The van der Waals surface area contributed by atoms with Crippen molar-refractivity contribution in [3.8, 4) is 11.8 Å². The number of fused-ring (bicyclic) bond motifs is 1. The monoisotopic (exact) mass is 198 g/mol. The number of rotatable bonds is 1. The van der Waals surface area contributed by atoms with Crippen LogP contribution in [0.5, 0.6) is 5.75 Å². The summed E-state index contributed by atoms with van der Waals surface area (Å²) in [4.78, 5) is 10.5. The van der Waals surface area contributed by atoms with Crippen molar-refractivity contribution < 1.29 is 5.11 Å². The maximum absolute atomic E-state index is 10.5. The fraction of sp³-hybridized carbons (Fsp3) is 0. The van der Waals surface area contributed by atoms with E-state index in [0.29, 0.717) is 16.3 Å². The standard InChI is InChI=1S/C11H6N2O2/c12-6-7-5-10(14)11(13-15)9-4-2-1-3-8(7)9/h1-5,14H. The zero-order valence-electron chi connectivity index (χ0n) is 7.64. The molecule has 2 aromatic carbocycles. The Balaban J connectivity index is 3.00. The molecular formula is C11H6N2O2. The van der Waals surface area contributed by atoms with E-state index >= 15 is 0 Å². The van der Waals surface area contributed by atoms with Gasteiger partial charge in [-0.05, 0) is 5.18 Å². The van der Waals surface area contributed by atoms with Crippen LogP contribution in [0, 0.1) is 16.2 Å². The fourth-order valence-corrected chi connectivity index (χ4v) is 1.53. The van der Waals surface area contributed by atoms with Crippen molar-refractivity contribution >= 4 is 16.5 Å². The molecule has 0 spiro atoms. The summed E-state index contributed by atoms with van der Waals surface area (Å²) in [6.45, 7) is 0. The quantitative estimate of drug-likeness (QED) is 0.716. The Morgan fingerprint density at radius 3 is 2.53 bits per heavy atom. The third-order valence-corrected chi connectivity index (χ3v) is 2.21. The zero-order chi connectivity index (χ0) is 10.8. The van der Waals surface area contributed by atoms with E-state index in [2.05, 4.69) is 5.18 Å². The van der Waals surface area contributed by atoms with Gasteiger partial charge in [0, 0.05) is 16.8 Å². The number of benzene rings is 2. The molecule has 2 aromatic rings. The minimum absolute atomic E-state index is 0.0235. The van der Waals surface area contributed by atoms with Gasteiger partial charge in [0.2, 0.25) is 0 Å². The maximum Gasteiger partial charge on any atom is 0.157 e. The minimum atomic E-state index is -0.264. The smallest absolute Gasteiger partial charge is 0.157 e. The van der Waals surface area contributed by atoms with E-state index in [1.165, 1.54) is 6.07 Å². The van der Waals surface area contributed by atoms with Gasteiger partial charge in [-0.15, -0.1) is 4.91 Å². The van der Waals surface area contributed by atoms with Crippen LogP contribution in [0.1, 0.15) is 5.56 Å². The molecule has 0 unspecified atom stereocenters. The Morgan fingerprint density at radius 2 is 1.93 bits per heavy atom. The van der Waals surface area contributed by atoms with Crippen LogP contribution in [0.25, 0.3) is 10.8 Å². The van der Waals surface area contributed by atoms with Crippen LogP contribution in [-0.2, 0) is 0 Å². The predicted octanol–water partition coefficient (Wildman–Crippen LogP) is 2.81. The highest BCUT2D eigenvalue weighted by Crippen LogP contribution is 2.36. The molecule has 0 saturated carbocycles. The second kappa shape index (κ2) is 3.39. The van der Waals surface area contributed by atoms with Gasteiger partial charge >= 0.3 is 0 Å². The first-order valence-corrected chi connectivity index (χ1v) is 4.26. The summed E-state index contributed by atoms with van der Waals surface area (Å²) in [5.74, 6) is -0.264. The molecule has 0 fully saturated rings. The van der Waals surface area contributed by atoms with Crippen LogP contribution in [-0.4, -0.2) is 5.11 Å². The molecule has 4 nitrogen and oxygen atoms in total. The molecule has 0 aliphatic heterocycles. The molecule has 0 radical (unpaired) electrons. The molecule has 1 N–H and O–H groups in total. The number of phenolic OH excluding ortho intramolecular Hbond substituents is 1. The third kappa shape index (κ3) is 1.30. The average Bonchev–Trinajstić information content (AvgIpc) is 2.28. The molecule has 4 heteroatoms. The maximum atomic E-state index is 10.5. The normalized spacial score (nSPS) is 9.80. The van der Waals surface area contributed by atoms with Gasteiger partial charge in [-0.3, -0.25) is 0 Å². The first-order valence-electron chi connectivity index (χ1n) is 4.26. The summed E-state index contributed by atoms with van der Waals surface area (Å²) in [6, 6.07) is 10.0.